The number of hydrogen-bond donors (Lipinski definition) is 2. The van der Waals surface area contributed by atoms with Gasteiger partial charge in [-0.15, -0.1) is 0 Å². The van der Waals surface area contributed by atoms with Crippen LogP contribution in [0.15, 0.2) is 81.4 Å². The SMILES string of the molecule is O=C(Cn1c(SC(F)F)nc2ccccc21)Nc1cccc(S(=O)(=O)NCc2ccco2)c1. The van der Waals surface area contributed by atoms with Crippen molar-refractivity contribution in [1.82, 2.24) is 14.3 Å². The summed E-state index contributed by atoms with van der Waals surface area (Å²) < 4.78 is 60.0. The van der Waals surface area contributed by atoms with Gasteiger partial charge in [-0.2, -0.15) is 8.78 Å². The Labute approximate surface area is 192 Å². The van der Waals surface area contributed by atoms with Crippen molar-refractivity contribution in [2.24, 2.45) is 0 Å². The lowest BCUT2D eigenvalue weighted by Crippen LogP contribution is -2.23. The molecule has 4 aromatic rings. The Bertz CT molecular complexity index is 1370. The van der Waals surface area contributed by atoms with Gasteiger partial charge in [-0.25, -0.2) is 18.1 Å². The summed E-state index contributed by atoms with van der Waals surface area (Å²) in [7, 11) is -3.86. The average molecular weight is 493 g/mol. The third-order valence-corrected chi connectivity index (χ3v) is 6.66. The van der Waals surface area contributed by atoms with Crippen LogP contribution in [-0.4, -0.2) is 29.6 Å². The number of alkyl halides is 2. The number of nitrogens with zero attached hydrogens (tertiary/aromatic N) is 2. The van der Waals surface area contributed by atoms with Gasteiger partial charge in [0.15, 0.2) is 5.16 Å². The highest BCUT2D eigenvalue weighted by Crippen LogP contribution is 2.28. The van der Waals surface area contributed by atoms with E-state index in [2.05, 4.69) is 15.0 Å². The maximum atomic E-state index is 13.0. The number of thioether (sulfide) groups is 1. The lowest BCUT2D eigenvalue weighted by molar-refractivity contribution is -0.116. The van der Waals surface area contributed by atoms with Crippen LogP contribution in [0.3, 0.4) is 0 Å². The quantitative estimate of drug-likeness (QED) is 0.341. The van der Waals surface area contributed by atoms with Crippen molar-refractivity contribution in [2.45, 2.75) is 28.9 Å². The molecule has 0 bridgehead atoms. The van der Waals surface area contributed by atoms with E-state index >= 15 is 0 Å². The predicted molar refractivity (Wildman–Crippen MR) is 119 cm³/mol. The van der Waals surface area contributed by atoms with Gasteiger partial charge >= 0.3 is 0 Å². The van der Waals surface area contributed by atoms with E-state index in [1.807, 2.05) is 0 Å². The Morgan fingerprint density at radius 1 is 1.12 bits per heavy atom. The van der Waals surface area contributed by atoms with Crippen molar-refractivity contribution >= 4 is 44.4 Å². The molecule has 0 spiro atoms. The Kier molecular flexibility index (Phi) is 6.77. The van der Waals surface area contributed by atoms with E-state index in [1.54, 1.807) is 36.4 Å². The van der Waals surface area contributed by atoms with Crippen molar-refractivity contribution in [3.8, 4) is 0 Å². The Morgan fingerprint density at radius 3 is 2.70 bits per heavy atom. The average Bonchev–Trinajstić information content (AvgIpc) is 3.41. The van der Waals surface area contributed by atoms with Crippen molar-refractivity contribution < 1.29 is 26.4 Å². The van der Waals surface area contributed by atoms with Crippen LogP contribution >= 0.6 is 11.8 Å². The summed E-state index contributed by atoms with van der Waals surface area (Å²) in [4.78, 5) is 16.8. The third-order valence-electron chi connectivity index (χ3n) is 4.56. The molecule has 1 amide bonds. The van der Waals surface area contributed by atoms with Crippen LogP contribution in [0, 0.1) is 0 Å². The maximum absolute atomic E-state index is 13.0. The topological polar surface area (TPSA) is 106 Å². The molecular weight excluding hydrogens is 474 g/mol. The molecule has 0 fully saturated rings. The smallest absolute Gasteiger partial charge is 0.291 e. The van der Waals surface area contributed by atoms with Crippen LogP contribution in [0.4, 0.5) is 14.5 Å². The van der Waals surface area contributed by atoms with Crippen LogP contribution < -0.4 is 10.0 Å². The molecule has 0 saturated heterocycles. The minimum absolute atomic E-state index is 0.0137. The van der Waals surface area contributed by atoms with Crippen LogP contribution in [0.2, 0.25) is 0 Å². The molecule has 2 aromatic heterocycles. The minimum atomic E-state index is -3.86. The number of sulfonamides is 1. The summed E-state index contributed by atoms with van der Waals surface area (Å²) >= 11 is 0.252. The molecule has 2 aromatic carbocycles. The van der Waals surface area contributed by atoms with Gasteiger partial charge in [0.05, 0.1) is 28.7 Å². The number of halogens is 2. The first-order chi connectivity index (χ1) is 15.8. The van der Waals surface area contributed by atoms with Crippen molar-refractivity contribution in [3.63, 3.8) is 0 Å². The van der Waals surface area contributed by atoms with Gasteiger partial charge in [0, 0.05) is 5.69 Å². The van der Waals surface area contributed by atoms with Crippen molar-refractivity contribution in [2.75, 3.05) is 5.32 Å². The van der Waals surface area contributed by atoms with E-state index in [0.29, 0.717) is 16.8 Å². The number of hydrogen-bond acceptors (Lipinski definition) is 6. The van der Waals surface area contributed by atoms with Gasteiger partial charge in [0.25, 0.3) is 5.76 Å². The minimum Gasteiger partial charge on any atom is -0.468 e. The zero-order chi connectivity index (χ0) is 23.4. The number of para-hydroxylation sites is 2. The molecule has 33 heavy (non-hydrogen) atoms. The van der Waals surface area contributed by atoms with Crippen LogP contribution in [0.1, 0.15) is 5.76 Å². The summed E-state index contributed by atoms with van der Waals surface area (Å²) in [5.74, 6) is -2.76. The van der Waals surface area contributed by atoms with Gasteiger partial charge < -0.3 is 14.3 Å². The molecule has 0 atom stereocenters. The third kappa shape index (κ3) is 5.59. The van der Waals surface area contributed by atoms with Gasteiger partial charge in [-0.1, -0.05) is 18.2 Å². The number of carbonyl (C=O) groups is 1. The van der Waals surface area contributed by atoms with Crippen LogP contribution in [0.25, 0.3) is 11.0 Å². The molecule has 12 heteroatoms. The maximum Gasteiger partial charge on any atom is 0.291 e. The zero-order valence-electron chi connectivity index (χ0n) is 16.9. The second-order valence-corrected chi connectivity index (χ2v) is 9.55. The van der Waals surface area contributed by atoms with E-state index in [9.17, 15) is 22.0 Å². The van der Waals surface area contributed by atoms with Crippen molar-refractivity contribution in [1.29, 1.82) is 0 Å². The first-order valence-corrected chi connectivity index (χ1v) is 12.0. The van der Waals surface area contributed by atoms with E-state index in [0.717, 1.165) is 0 Å². The molecule has 0 aliphatic carbocycles. The molecule has 0 unspecified atom stereocenters. The number of anilines is 1. The number of benzene rings is 2. The summed E-state index contributed by atoms with van der Waals surface area (Å²) in [6, 6.07) is 15.8. The van der Waals surface area contributed by atoms with Crippen LogP contribution in [0.5, 0.6) is 0 Å². The fourth-order valence-electron chi connectivity index (χ4n) is 3.12. The van der Waals surface area contributed by atoms with Gasteiger partial charge in [0.2, 0.25) is 15.9 Å². The predicted octanol–water partition coefficient (Wildman–Crippen LogP) is 4.06. The Balaban J connectivity index is 1.49. The highest BCUT2D eigenvalue weighted by atomic mass is 32.2. The molecule has 2 N–H and O–H groups in total. The standard InChI is InChI=1S/C21H18F2N4O4S2/c22-20(23)32-21-26-17-8-1-2-9-18(17)27(21)13-19(28)25-14-5-3-7-16(11-14)33(29,30)24-12-15-6-4-10-31-15/h1-11,20,24H,12-13H2,(H,25,28). The molecular formula is C21H18F2N4O4S2. The lowest BCUT2D eigenvalue weighted by atomic mass is 10.3. The molecule has 0 aliphatic heterocycles. The monoisotopic (exact) mass is 492 g/mol. The summed E-state index contributed by atoms with van der Waals surface area (Å²) in [6.45, 7) is -0.298. The summed E-state index contributed by atoms with van der Waals surface area (Å²) in [5, 5.41) is 2.63. The number of fused-ring (bicyclic) bond motifs is 1. The second kappa shape index (κ2) is 9.73. The highest BCUT2D eigenvalue weighted by Gasteiger charge is 2.19. The van der Waals surface area contributed by atoms with Gasteiger partial charge in [0.1, 0.15) is 12.3 Å². The first-order valence-electron chi connectivity index (χ1n) is 9.64. The molecule has 2 heterocycles. The Hall–Kier alpha value is -3.22. The zero-order valence-corrected chi connectivity index (χ0v) is 18.6. The lowest BCUT2D eigenvalue weighted by Gasteiger charge is -2.11. The molecule has 0 radical (unpaired) electrons. The van der Waals surface area contributed by atoms with E-state index in [4.69, 9.17) is 4.42 Å². The normalized spacial score (nSPS) is 11.8. The number of rotatable bonds is 9. The van der Waals surface area contributed by atoms with Gasteiger partial charge in [-0.05, 0) is 54.2 Å². The fraction of sp³-hybridized carbons (Fsp3) is 0.143. The number of aromatic nitrogens is 2. The summed E-state index contributed by atoms with van der Waals surface area (Å²) in [6.07, 6.45) is 1.44. The number of amides is 1. The second-order valence-electron chi connectivity index (χ2n) is 6.83. The van der Waals surface area contributed by atoms with Gasteiger partial charge in [-0.3, -0.25) is 4.79 Å². The Morgan fingerprint density at radius 2 is 1.94 bits per heavy atom. The number of imidazole rings is 1. The number of nitrogens with one attached hydrogen (secondary N) is 2. The molecule has 172 valence electrons. The van der Waals surface area contributed by atoms with Crippen LogP contribution in [-0.2, 0) is 27.9 Å². The summed E-state index contributed by atoms with van der Waals surface area (Å²) in [5.41, 5.74) is 1.27. The molecule has 0 aliphatic rings. The molecule has 8 nitrogen and oxygen atoms in total. The van der Waals surface area contributed by atoms with Crippen molar-refractivity contribution in [3.05, 3.63) is 72.7 Å². The van der Waals surface area contributed by atoms with E-state index < -0.39 is 21.7 Å². The molecule has 4 rings (SSSR count). The number of carbonyl (C=O) groups excluding carboxylic acids is 1. The fourth-order valence-corrected chi connectivity index (χ4v) is 4.76. The number of furan rings is 1. The molecule has 0 saturated carbocycles. The van der Waals surface area contributed by atoms with E-state index in [-0.39, 0.29) is 40.6 Å². The van der Waals surface area contributed by atoms with E-state index in [1.165, 1.54) is 35.1 Å². The first kappa shape index (κ1) is 23.0. The largest absolute Gasteiger partial charge is 0.468 e. The highest BCUT2D eigenvalue weighted by molar-refractivity contribution is 7.99.